The van der Waals surface area contributed by atoms with Gasteiger partial charge >= 0.3 is 0 Å². The third-order valence-electron chi connectivity index (χ3n) is 4.71. The van der Waals surface area contributed by atoms with Crippen molar-refractivity contribution in [1.29, 1.82) is 0 Å². The number of ether oxygens (including phenoxy) is 1. The minimum absolute atomic E-state index is 0.125. The molecule has 2 fully saturated rings. The van der Waals surface area contributed by atoms with E-state index < -0.39 is 0 Å². The Hall–Kier alpha value is -0.420. The number of rotatable bonds is 5. The van der Waals surface area contributed by atoms with Crippen LogP contribution in [0.3, 0.4) is 0 Å². The zero-order valence-corrected chi connectivity index (χ0v) is 13.4. The molecule has 1 aromatic rings. The topological polar surface area (TPSA) is 38.5 Å². The molecule has 3 nitrogen and oxygen atoms in total. The van der Waals surface area contributed by atoms with Gasteiger partial charge in [-0.3, -0.25) is 4.90 Å². The van der Waals surface area contributed by atoms with E-state index in [-0.39, 0.29) is 5.54 Å². The molecule has 4 heteroatoms. The first-order valence-corrected chi connectivity index (χ1v) is 8.70. The van der Waals surface area contributed by atoms with Crippen LogP contribution in [0.25, 0.3) is 0 Å². The van der Waals surface area contributed by atoms with Crippen LogP contribution in [0, 0.1) is 0 Å². The van der Waals surface area contributed by atoms with Gasteiger partial charge in [-0.1, -0.05) is 0 Å². The van der Waals surface area contributed by atoms with Gasteiger partial charge in [0.15, 0.2) is 0 Å². The fourth-order valence-electron chi connectivity index (χ4n) is 3.81. The predicted octanol–water partition coefficient (Wildman–Crippen LogP) is 3.00. The van der Waals surface area contributed by atoms with Gasteiger partial charge < -0.3 is 10.5 Å². The third-order valence-corrected chi connectivity index (χ3v) is 5.44. The first-order chi connectivity index (χ1) is 9.63. The molecule has 0 amide bonds. The summed E-state index contributed by atoms with van der Waals surface area (Å²) in [6.45, 7) is 6.17. The molecule has 1 aromatic heterocycles. The van der Waals surface area contributed by atoms with Crippen molar-refractivity contribution < 1.29 is 4.74 Å². The largest absolute Gasteiger partial charge is 0.375 e. The molecule has 2 atom stereocenters. The Balaban J connectivity index is 1.83. The van der Waals surface area contributed by atoms with Gasteiger partial charge in [-0.15, -0.1) is 0 Å². The van der Waals surface area contributed by atoms with Gasteiger partial charge in [0, 0.05) is 24.7 Å². The maximum absolute atomic E-state index is 6.26. The zero-order chi connectivity index (χ0) is 14.2. The second-order valence-corrected chi connectivity index (χ2v) is 7.36. The summed E-state index contributed by atoms with van der Waals surface area (Å²) in [7, 11) is 0. The van der Waals surface area contributed by atoms with Crippen LogP contribution in [0.2, 0.25) is 0 Å². The van der Waals surface area contributed by atoms with Crippen LogP contribution < -0.4 is 5.73 Å². The van der Waals surface area contributed by atoms with Crippen molar-refractivity contribution in [2.75, 3.05) is 6.54 Å². The fourth-order valence-corrected chi connectivity index (χ4v) is 4.47. The summed E-state index contributed by atoms with van der Waals surface area (Å²) in [4.78, 5) is 2.70. The van der Waals surface area contributed by atoms with E-state index in [0.29, 0.717) is 12.2 Å². The third kappa shape index (κ3) is 2.93. The van der Waals surface area contributed by atoms with Crippen LogP contribution in [-0.4, -0.2) is 35.2 Å². The summed E-state index contributed by atoms with van der Waals surface area (Å²) in [6, 6.07) is 2.98. The smallest absolute Gasteiger partial charge is 0.0568 e. The molecule has 2 aliphatic rings. The molecule has 1 saturated carbocycles. The van der Waals surface area contributed by atoms with Gasteiger partial charge in [0.1, 0.15) is 0 Å². The Labute approximate surface area is 126 Å². The summed E-state index contributed by atoms with van der Waals surface area (Å²) in [6.07, 6.45) is 5.41. The van der Waals surface area contributed by atoms with Crippen molar-refractivity contribution in [3.8, 4) is 0 Å². The molecule has 112 valence electrons. The first-order valence-electron chi connectivity index (χ1n) is 7.76. The highest BCUT2D eigenvalue weighted by molar-refractivity contribution is 7.07. The van der Waals surface area contributed by atoms with E-state index in [9.17, 15) is 0 Å². The van der Waals surface area contributed by atoms with Crippen molar-refractivity contribution in [3.05, 3.63) is 22.4 Å². The second kappa shape index (κ2) is 5.76. The van der Waals surface area contributed by atoms with E-state index in [4.69, 9.17) is 10.5 Å². The number of hydrogen-bond donors (Lipinski definition) is 1. The Morgan fingerprint density at radius 1 is 1.35 bits per heavy atom. The summed E-state index contributed by atoms with van der Waals surface area (Å²) < 4.78 is 5.95. The van der Waals surface area contributed by atoms with Crippen molar-refractivity contribution >= 4 is 11.3 Å². The van der Waals surface area contributed by atoms with Crippen molar-refractivity contribution in [1.82, 2.24) is 4.90 Å². The summed E-state index contributed by atoms with van der Waals surface area (Å²) in [5, 5.41) is 4.44. The van der Waals surface area contributed by atoms with Crippen molar-refractivity contribution in [3.63, 3.8) is 0 Å². The van der Waals surface area contributed by atoms with Crippen LogP contribution in [0.4, 0.5) is 0 Å². The van der Waals surface area contributed by atoms with E-state index in [1.807, 2.05) is 0 Å². The maximum atomic E-state index is 6.26. The first kappa shape index (κ1) is 14.5. The lowest BCUT2D eigenvalue weighted by Gasteiger charge is -2.50. The highest BCUT2D eigenvalue weighted by Crippen LogP contribution is 2.41. The molecule has 1 aliphatic heterocycles. The lowest BCUT2D eigenvalue weighted by molar-refractivity contribution is -0.108. The van der Waals surface area contributed by atoms with Gasteiger partial charge in [-0.25, -0.2) is 0 Å². The SMILES string of the molecule is CC1CC(CN)(N(Cc2ccsc2)C2CC2)CC(C)O1. The molecular weight excluding hydrogens is 268 g/mol. The molecule has 0 radical (unpaired) electrons. The number of hydrogen-bond acceptors (Lipinski definition) is 4. The minimum atomic E-state index is 0.125. The summed E-state index contributed by atoms with van der Waals surface area (Å²) in [5.41, 5.74) is 7.82. The quantitative estimate of drug-likeness (QED) is 0.907. The molecule has 2 heterocycles. The van der Waals surface area contributed by atoms with E-state index >= 15 is 0 Å². The summed E-state index contributed by atoms with van der Waals surface area (Å²) >= 11 is 1.79. The normalized spacial score (nSPS) is 34.6. The summed E-state index contributed by atoms with van der Waals surface area (Å²) in [5.74, 6) is 0. The second-order valence-electron chi connectivity index (χ2n) is 6.58. The fraction of sp³-hybridized carbons (Fsp3) is 0.750. The van der Waals surface area contributed by atoms with E-state index in [2.05, 4.69) is 35.6 Å². The number of thiophene rings is 1. The van der Waals surface area contributed by atoms with Gasteiger partial charge in [-0.2, -0.15) is 11.3 Å². The minimum Gasteiger partial charge on any atom is -0.375 e. The molecule has 1 saturated heterocycles. The van der Waals surface area contributed by atoms with Gasteiger partial charge in [-0.05, 0) is 61.9 Å². The van der Waals surface area contributed by atoms with E-state index in [1.165, 1.54) is 18.4 Å². The van der Waals surface area contributed by atoms with Crippen LogP contribution in [-0.2, 0) is 11.3 Å². The number of nitrogens with two attached hydrogens (primary N) is 1. The average Bonchev–Trinajstić information content (AvgIpc) is 3.11. The Morgan fingerprint density at radius 3 is 2.55 bits per heavy atom. The van der Waals surface area contributed by atoms with Crippen LogP contribution in [0.1, 0.15) is 45.1 Å². The molecule has 2 unspecified atom stereocenters. The molecule has 2 N–H and O–H groups in total. The molecule has 20 heavy (non-hydrogen) atoms. The van der Waals surface area contributed by atoms with Crippen molar-refractivity contribution in [2.24, 2.45) is 5.73 Å². The monoisotopic (exact) mass is 294 g/mol. The lowest BCUT2D eigenvalue weighted by atomic mass is 9.82. The Morgan fingerprint density at radius 2 is 2.05 bits per heavy atom. The van der Waals surface area contributed by atoms with Crippen LogP contribution in [0.5, 0.6) is 0 Å². The van der Waals surface area contributed by atoms with Crippen LogP contribution in [0.15, 0.2) is 16.8 Å². The van der Waals surface area contributed by atoms with Crippen LogP contribution >= 0.6 is 11.3 Å². The van der Waals surface area contributed by atoms with E-state index in [1.54, 1.807) is 11.3 Å². The molecular formula is C16H26N2OS. The molecule has 0 bridgehead atoms. The average molecular weight is 294 g/mol. The predicted molar refractivity (Wildman–Crippen MR) is 83.9 cm³/mol. The molecule has 1 aliphatic carbocycles. The highest BCUT2D eigenvalue weighted by atomic mass is 32.1. The standard InChI is InChI=1S/C16H26N2OS/c1-12-7-16(11-17,8-13(2)19-12)18(15-3-4-15)9-14-5-6-20-10-14/h5-6,10,12-13,15H,3-4,7-9,11,17H2,1-2H3. The molecule has 3 rings (SSSR count). The van der Waals surface area contributed by atoms with Gasteiger partial charge in [0.05, 0.1) is 12.2 Å². The Kier molecular flexibility index (Phi) is 4.18. The molecule has 0 aromatic carbocycles. The lowest BCUT2D eigenvalue weighted by Crippen LogP contribution is -2.60. The highest BCUT2D eigenvalue weighted by Gasteiger charge is 2.47. The van der Waals surface area contributed by atoms with E-state index in [0.717, 1.165) is 32.0 Å². The Bertz CT molecular complexity index is 420. The number of nitrogens with zero attached hydrogens (tertiary/aromatic N) is 1. The van der Waals surface area contributed by atoms with Crippen molar-refractivity contribution in [2.45, 2.75) is 69.9 Å². The zero-order valence-electron chi connectivity index (χ0n) is 12.5. The maximum Gasteiger partial charge on any atom is 0.0568 e. The van der Waals surface area contributed by atoms with Gasteiger partial charge in [0.25, 0.3) is 0 Å². The molecule has 0 spiro atoms. The van der Waals surface area contributed by atoms with Gasteiger partial charge in [0.2, 0.25) is 0 Å².